The first kappa shape index (κ1) is 26.5. The van der Waals surface area contributed by atoms with E-state index < -0.39 is 11.4 Å². The highest BCUT2D eigenvalue weighted by Gasteiger charge is 2.39. The molecule has 0 fully saturated rings. The molecule has 7 nitrogen and oxygen atoms in total. The van der Waals surface area contributed by atoms with Crippen LogP contribution in [0.4, 0.5) is 11.4 Å². The van der Waals surface area contributed by atoms with Crippen LogP contribution in [0.3, 0.4) is 0 Å². The highest BCUT2D eigenvalue weighted by atomic mass is 16.5. The van der Waals surface area contributed by atoms with Crippen LogP contribution in [0.1, 0.15) is 47.6 Å². The Labute approximate surface area is 229 Å². The fourth-order valence-electron chi connectivity index (χ4n) is 5.56. The first-order valence-electron chi connectivity index (χ1n) is 13.3. The minimum absolute atomic E-state index is 0.381. The molecular weight excluding hydrogens is 488 g/mol. The molecule has 4 aromatic rings. The van der Waals surface area contributed by atoms with Crippen molar-refractivity contribution in [1.29, 1.82) is 0 Å². The fourth-order valence-corrected chi connectivity index (χ4v) is 5.56. The maximum atomic E-state index is 12.5. The van der Waals surface area contributed by atoms with Gasteiger partial charge in [-0.25, -0.2) is 0 Å². The molecule has 7 heteroatoms. The molecule has 0 saturated heterocycles. The summed E-state index contributed by atoms with van der Waals surface area (Å²) in [7, 11) is 1.82. The number of hydrogen-bond acceptors (Lipinski definition) is 6. The summed E-state index contributed by atoms with van der Waals surface area (Å²) in [4.78, 5) is 19.4. The number of ether oxygens (including phenoxy) is 1. The van der Waals surface area contributed by atoms with Crippen LogP contribution in [0.5, 0.6) is 5.75 Å². The number of carboxylic acid groups (broad SMARTS) is 1. The summed E-state index contributed by atoms with van der Waals surface area (Å²) in [5.74, 6) is -0.324. The van der Waals surface area contributed by atoms with E-state index in [2.05, 4.69) is 58.5 Å². The van der Waals surface area contributed by atoms with Crippen LogP contribution in [0.25, 0.3) is 10.9 Å². The fraction of sp³-hybridized carbons (Fsp3) is 0.312. The van der Waals surface area contributed by atoms with Gasteiger partial charge in [0.25, 0.3) is 0 Å². The Balaban J connectivity index is 1.49. The summed E-state index contributed by atoms with van der Waals surface area (Å²) >= 11 is 0. The maximum absolute atomic E-state index is 12.5. The molecule has 1 atom stereocenters. The van der Waals surface area contributed by atoms with Crippen molar-refractivity contribution in [3.63, 3.8) is 0 Å². The lowest BCUT2D eigenvalue weighted by atomic mass is 9.70. The zero-order valence-electron chi connectivity index (χ0n) is 23.0. The van der Waals surface area contributed by atoms with Gasteiger partial charge in [-0.2, -0.15) is 0 Å². The van der Waals surface area contributed by atoms with Crippen LogP contribution in [0.15, 0.2) is 66.9 Å². The predicted octanol–water partition coefficient (Wildman–Crippen LogP) is 5.80. The molecule has 4 N–H and O–H groups in total. The summed E-state index contributed by atoms with van der Waals surface area (Å²) < 4.78 is 6.12. The van der Waals surface area contributed by atoms with Gasteiger partial charge in [-0.05, 0) is 73.4 Å². The number of nitrogens with two attached hydrogens (primary N) is 1. The van der Waals surface area contributed by atoms with Gasteiger partial charge in [0.15, 0.2) is 0 Å². The van der Waals surface area contributed by atoms with Crippen LogP contribution < -0.4 is 15.8 Å². The highest BCUT2D eigenvalue weighted by molar-refractivity contribution is 5.81. The van der Waals surface area contributed by atoms with Gasteiger partial charge in [-0.15, -0.1) is 0 Å². The van der Waals surface area contributed by atoms with Gasteiger partial charge in [0.05, 0.1) is 22.3 Å². The van der Waals surface area contributed by atoms with Crippen molar-refractivity contribution in [3.05, 3.63) is 94.7 Å². The maximum Gasteiger partial charge on any atom is 0.310 e. The number of carboxylic acids is 1. The molecule has 39 heavy (non-hydrogen) atoms. The Morgan fingerprint density at radius 1 is 1.15 bits per heavy atom. The predicted molar refractivity (Wildman–Crippen MR) is 156 cm³/mol. The quantitative estimate of drug-likeness (QED) is 0.263. The lowest BCUT2D eigenvalue weighted by Gasteiger charge is -2.32. The molecule has 0 saturated carbocycles. The van der Waals surface area contributed by atoms with E-state index in [1.54, 1.807) is 13.8 Å². The molecule has 1 unspecified atom stereocenters. The minimum atomic E-state index is -1.05. The third-order valence-electron chi connectivity index (χ3n) is 7.90. The van der Waals surface area contributed by atoms with E-state index >= 15 is 0 Å². The van der Waals surface area contributed by atoms with Crippen molar-refractivity contribution in [2.75, 3.05) is 31.2 Å². The van der Waals surface area contributed by atoms with Gasteiger partial charge in [-0.1, -0.05) is 30.3 Å². The van der Waals surface area contributed by atoms with Crippen LogP contribution >= 0.6 is 0 Å². The highest BCUT2D eigenvalue weighted by Crippen LogP contribution is 2.43. The summed E-state index contributed by atoms with van der Waals surface area (Å²) in [6.45, 7) is 8.53. The van der Waals surface area contributed by atoms with Crippen LogP contribution in [0, 0.1) is 12.3 Å². The van der Waals surface area contributed by atoms with Crippen LogP contribution in [-0.4, -0.2) is 41.2 Å². The summed E-state index contributed by atoms with van der Waals surface area (Å²) in [5, 5.41) is 14.4. The largest absolute Gasteiger partial charge is 0.492 e. The lowest BCUT2D eigenvalue weighted by molar-refractivity contribution is -0.147. The van der Waals surface area contributed by atoms with Crippen molar-refractivity contribution in [1.82, 2.24) is 9.88 Å². The molecule has 2 heterocycles. The number of aryl methyl sites for hydroxylation is 1. The molecule has 0 radical (unpaired) electrons. The first-order valence-corrected chi connectivity index (χ1v) is 13.3. The Hall–Kier alpha value is -4.10. The van der Waals surface area contributed by atoms with Crippen LogP contribution in [0.2, 0.25) is 0 Å². The third kappa shape index (κ3) is 5.27. The molecule has 3 aromatic carbocycles. The summed E-state index contributed by atoms with van der Waals surface area (Å²) in [6.07, 6.45) is 1.81. The van der Waals surface area contributed by atoms with E-state index in [4.69, 9.17) is 10.5 Å². The average molecular weight is 525 g/mol. The smallest absolute Gasteiger partial charge is 0.310 e. The van der Waals surface area contributed by atoms with Gasteiger partial charge in [0, 0.05) is 49.7 Å². The van der Waals surface area contributed by atoms with Crippen LogP contribution in [-0.2, 0) is 17.9 Å². The number of pyridine rings is 1. The number of rotatable bonds is 7. The second-order valence-corrected chi connectivity index (χ2v) is 11.0. The SMILES string of the molecule is CNc1ccc(C(c2ccc(C)c(CN3CCOc4cc5cccnc5cc4C3)c2)C(C)(C)C(=O)O)cc1N. The van der Waals surface area contributed by atoms with Gasteiger partial charge in [0.2, 0.25) is 0 Å². The molecule has 1 aliphatic heterocycles. The topological polar surface area (TPSA) is 101 Å². The molecule has 0 amide bonds. The van der Waals surface area contributed by atoms with E-state index in [0.717, 1.165) is 58.7 Å². The van der Waals surface area contributed by atoms with E-state index in [0.29, 0.717) is 12.3 Å². The second kappa shape index (κ2) is 10.6. The van der Waals surface area contributed by atoms with E-state index in [1.807, 2.05) is 37.5 Å². The zero-order chi connectivity index (χ0) is 27.7. The average Bonchev–Trinajstić information content (AvgIpc) is 3.10. The molecular formula is C32H36N4O3. The number of aliphatic carboxylic acids is 1. The Morgan fingerprint density at radius 2 is 1.92 bits per heavy atom. The molecule has 5 rings (SSSR count). The lowest BCUT2D eigenvalue weighted by Crippen LogP contribution is -2.32. The number of hydrogen-bond donors (Lipinski definition) is 3. The van der Waals surface area contributed by atoms with Gasteiger partial charge >= 0.3 is 5.97 Å². The monoisotopic (exact) mass is 524 g/mol. The number of nitrogens with zero attached hydrogens (tertiary/aromatic N) is 2. The van der Waals surface area contributed by atoms with E-state index in [1.165, 1.54) is 11.1 Å². The Kier molecular flexibility index (Phi) is 7.19. The van der Waals surface area contributed by atoms with Gasteiger partial charge in [-0.3, -0.25) is 14.7 Å². The van der Waals surface area contributed by atoms with Crippen molar-refractivity contribution in [2.45, 2.75) is 39.8 Å². The minimum Gasteiger partial charge on any atom is -0.492 e. The second-order valence-electron chi connectivity index (χ2n) is 11.0. The normalized spacial score (nSPS) is 14.8. The summed E-state index contributed by atoms with van der Waals surface area (Å²) in [5.41, 5.74) is 12.9. The standard InChI is InChI=1S/C32H36N4O3/c1-20-7-8-22(30(32(2,3)31(37)38)23-9-10-27(34-4)26(33)15-23)14-24(20)18-36-12-13-39-29-17-21-6-5-11-35-28(21)16-25(29)19-36/h5-11,14-17,30,34H,12-13,18-19,33H2,1-4H3,(H,37,38). The van der Waals surface area contributed by atoms with Crippen molar-refractivity contribution in [2.24, 2.45) is 5.41 Å². The molecule has 202 valence electrons. The molecule has 0 spiro atoms. The number of benzene rings is 3. The number of anilines is 2. The Bertz CT molecular complexity index is 1530. The molecule has 0 aliphatic carbocycles. The molecule has 0 bridgehead atoms. The van der Waals surface area contributed by atoms with Crippen molar-refractivity contribution in [3.8, 4) is 5.75 Å². The first-order chi connectivity index (χ1) is 18.7. The third-order valence-corrected chi connectivity index (χ3v) is 7.90. The zero-order valence-corrected chi connectivity index (χ0v) is 23.0. The molecule has 1 aromatic heterocycles. The number of carbonyl (C=O) groups is 1. The van der Waals surface area contributed by atoms with Crippen molar-refractivity contribution >= 4 is 28.2 Å². The van der Waals surface area contributed by atoms with E-state index in [9.17, 15) is 9.90 Å². The Morgan fingerprint density at radius 3 is 2.67 bits per heavy atom. The number of nitrogen functional groups attached to an aromatic ring is 1. The molecule has 1 aliphatic rings. The number of fused-ring (bicyclic) bond motifs is 2. The van der Waals surface area contributed by atoms with Crippen molar-refractivity contribution < 1.29 is 14.6 Å². The van der Waals surface area contributed by atoms with E-state index in [-0.39, 0.29) is 5.92 Å². The van der Waals surface area contributed by atoms with Gasteiger partial charge in [0.1, 0.15) is 12.4 Å². The van der Waals surface area contributed by atoms with Gasteiger partial charge < -0.3 is 20.9 Å². The number of nitrogens with one attached hydrogen (secondary N) is 1. The summed E-state index contributed by atoms with van der Waals surface area (Å²) in [6, 6.07) is 20.3. The number of aromatic nitrogens is 1.